The van der Waals surface area contributed by atoms with Crippen molar-refractivity contribution in [3.05, 3.63) is 24.3 Å². The molecule has 3 rings (SSSR count). The first-order valence-corrected chi connectivity index (χ1v) is 6.86. The highest BCUT2D eigenvalue weighted by Gasteiger charge is 2.21. The third kappa shape index (κ3) is 2.32. The molecule has 0 atom stereocenters. The van der Waals surface area contributed by atoms with Crippen LogP contribution in [0.3, 0.4) is 0 Å². The van der Waals surface area contributed by atoms with Crippen molar-refractivity contribution in [2.45, 2.75) is 38.0 Å². The van der Waals surface area contributed by atoms with Gasteiger partial charge in [-0.05, 0) is 18.9 Å². The van der Waals surface area contributed by atoms with E-state index in [0.717, 1.165) is 17.2 Å². The van der Waals surface area contributed by atoms with Crippen LogP contribution in [0.1, 0.15) is 43.8 Å². The van der Waals surface area contributed by atoms with E-state index in [4.69, 9.17) is 10.7 Å². The second kappa shape index (κ2) is 4.99. The van der Waals surface area contributed by atoms with Crippen LogP contribution in [-0.2, 0) is 7.05 Å². The van der Waals surface area contributed by atoms with Crippen LogP contribution in [0.25, 0.3) is 11.4 Å². The maximum atomic E-state index is 5.97. The largest absolute Gasteiger partial charge is 0.397 e. The second-order valence-electron chi connectivity index (χ2n) is 5.22. The van der Waals surface area contributed by atoms with Crippen LogP contribution in [0.4, 0.5) is 5.69 Å². The lowest BCUT2D eigenvalue weighted by atomic mass is 9.89. The normalized spacial score (nSPS) is 16.7. The quantitative estimate of drug-likeness (QED) is 0.897. The number of pyridine rings is 1. The van der Waals surface area contributed by atoms with Crippen LogP contribution >= 0.6 is 0 Å². The second-order valence-corrected chi connectivity index (χ2v) is 5.22. The van der Waals surface area contributed by atoms with E-state index in [9.17, 15) is 0 Å². The Hall–Kier alpha value is -1.91. The molecule has 0 unspecified atom stereocenters. The van der Waals surface area contributed by atoms with E-state index in [-0.39, 0.29) is 0 Å². The molecule has 0 aromatic carbocycles. The van der Waals surface area contributed by atoms with Gasteiger partial charge >= 0.3 is 0 Å². The van der Waals surface area contributed by atoms with E-state index in [1.807, 2.05) is 17.8 Å². The number of hydrogen-bond donors (Lipinski definition) is 1. The fourth-order valence-corrected chi connectivity index (χ4v) is 2.78. The predicted molar refractivity (Wildman–Crippen MR) is 74.5 cm³/mol. The number of aryl methyl sites for hydroxylation is 1. The molecule has 1 saturated carbocycles. The zero-order valence-electron chi connectivity index (χ0n) is 11.2. The highest BCUT2D eigenvalue weighted by atomic mass is 15.3. The lowest BCUT2D eigenvalue weighted by molar-refractivity contribution is 0.427. The number of nitrogens with zero attached hydrogens (tertiary/aromatic N) is 4. The van der Waals surface area contributed by atoms with Crippen LogP contribution in [0.5, 0.6) is 0 Å². The minimum absolute atomic E-state index is 0.511. The molecule has 1 aliphatic carbocycles. The highest BCUT2D eigenvalue weighted by Crippen LogP contribution is 2.32. The molecule has 0 spiro atoms. The molecular weight excluding hydrogens is 238 g/mol. The summed E-state index contributed by atoms with van der Waals surface area (Å²) in [7, 11) is 1.93. The molecule has 1 fully saturated rings. The lowest BCUT2D eigenvalue weighted by Crippen LogP contribution is -2.06. The van der Waals surface area contributed by atoms with E-state index in [2.05, 4.69) is 10.1 Å². The Balaban J connectivity index is 1.95. The van der Waals surface area contributed by atoms with Crippen LogP contribution in [-0.4, -0.2) is 19.7 Å². The smallest absolute Gasteiger partial charge is 0.160 e. The average Bonchev–Trinajstić information content (AvgIpc) is 2.82. The van der Waals surface area contributed by atoms with Crippen molar-refractivity contribution in [2.75, 3.05) is 5.73 Å². The van der Waals surface area contributed by atoms with E-state index >= 15 is 0 Å². The Labute approximate surface area is 112 Å². The van der Waals surface area contributed by atoms with Gasteiger partial charge in [-0.25, -0.2) is 9.67 Å². The molecule has 100 valence electrons. The minimum Gasteiger partial charge on any atom is -0.397 e. The number of anilines is 1. The Bertz CT molecular complexity index is 569. The van der Waals surface area contributed by atoms with Crippen LogP contribution in [0.2, 0.25) is 0 Å². The van der Waals surface area contributed by atoms with Gasteiger partial charge in [0.25, 0.3) is 0 Å². The molecule has 2 heterocycles. The van der Waals surface area contributed by atoms with E-state index in [1.54, 1.807) is 12.4 Å². The van der Waals surface area contributed by atoms with Crippen molar-refractivity contribution >= 4 is 5.69 Å². The molecule has 0 amide bonds. The zero-order chi connectivity index (χ0) is 13.2. The standard InChI is InChI=1S/C14H19N5/c1-19-14(11-7-8-16-9-12(11)15)17-13(18-19)10-5-3-2-4-6-10/h7-10H,2-6,15H2,1H3. The fourth-order valence-electron chi connectivity index (χ4n) is 2.78. The van der Waals surface area contributed by atoms with Crippen molar-refractivity contribution in [1.82, 2.24) is 19.7 Å². The first-order chi connectivity index (χ1) is 9.25. The summed E-state index contributed by atoms with van der Waals surface area (Å²) in [6.45, 7) is 0. The van der Waals surface area contributed by atoms with Gasteiger partial charge in [0, 0.05) is 24.7 Å². The summed E-state index contributed by atoms with van der Waals surface area (Å²) in [4.78, 5) is 8.72. The number of nitrogens with two attached hydrogens (primary N) is 1. The summed E-state index contributed by atoms with van der Waals surface area (Å²) in [5.41, 5.74) is 7.52. The maximum absolute atomic E-state index is 5.97. The molecule has 0 bridgehead atoms. The molecule has 2 aromatic heterocycles. The fraction of sp³-hybridized carbons (Fsp3) is 0.500. The van der Waals surface area contributed by atoms with Crippen molar-refractivity contribution < 1.29 is 0 Å². The molecule has 0 aliphatic heterocycles. The summed E-state index contributed by atoms with van der Waals surface area (Å²) in [6, 6.07) is 1.89. The molecule has 5 heteroatoms. The zero-order valence-corrected chi connectivity index (χ0v) is 11.2. The molecular formula is C14H19N5. The van der Waals surface area contributed by atoms with E-state index in [0.29, 0.717) is 11.6 Å². The van der Waals surface area contributed by atoms with Crippen molar-refractivity contribution in [1.29, 1.82) is 0 Å². The molecule has 19 heavy (non-hydrogen) atoms. The average molecular weight is 257 g/mol. The Morgan fingerprint density at radius 2 is 2.05 bits per heavy atom. The Kier molecular flexibility index (Phi) is 3.19. The highest BCUT2D eigenvalue weighted by molar-refractivity contribution is 5.70. The summed E-state index contributed by atoms with van der Waals surface area (Å²) in [6.07, 6.45) is 9.72. The van der Waals surface area contributed by atoms with Crippen molar-refractivity contribution in [3.63, 3.8) is 0 Å². The van der Waals surface area contributed by atoms with E-state index in [1.165, 1.54) is 32.1 Å². The molecule has 0 radical (unpaired) electrons. The van der Waals surface area contributed by atoms with Gasteiger partial charge in [0.1, 0.15) is 0 Å². The summed E-state index contributed by atoms with van der Waals surface area (Å²) >= 11 is 0. The lowest BCUT2D eigenvalue weighted by Gasteiger charge is -2.18. The van der Waals surface area contributed by atoms with Crippen molar-refractivity contribution in [3.8, 4) is 11.4 Å². The maximum Gasteiger partial charge on any atom is 0.160 e. The van der Waals surface area contributed by atoms with Crippen LogP contribution < -0.4 is 5.73 Å². The number of hydrogen-bond acceptors (Lipinski definition) is 4. The van der Waals surface area contributed by atoms with Gasteiger partial charge in [-0.2, -0.15) is 5.10 Å². The SMILES string of the molecule is Cn1nc(C2CCCCC2)nc1-c1ccncc1N. The molecule has 0 saturated heterocycles. The van der Waals surface area contributed by atoms with Gasteiger partial charge in [0.05, 0.1) is 11.9 Å². The van der Waals surface area contributed by atoms with Gasteiger partial charge in [0.2, 0.25) is 0 Å². The van der Waals surface area contributed by atoms with Gasteiger partial charge in [-0.15, -0.1) is 0 Å². The van der Waals surface area contributed by atoms with Crippen molar-refractivity contribution in [2.24, 2.45) is 7.05 Å². The molecule has 5 nitrogen and oxygen atoms in total. The van der Waals surface area contributed by atoms with E-state index < -0.39 is 0 Å². The summed E-state index contributed by atoms with van der Waals surface area (Å²) < 4.78 is 1.83. The minimum atomic E-state index is 0.511. The molecule has 2 aromatic rings. The Morgan fingerprint density at radius 3 is 2.79 bits per heavy atom. The van der Waals surface area contributed by atoms with Gasteiger partial charge in [0.15, 0.2) is 11.6 Å². The van der Waals surface area contributed by atoms with Crippen LogP contribution in [0, 0.1) is 0 Å². The predicted octanol–water partition coefficient (Wildman–Crippen LogP) is 2.51. The van der Waals surface area contributed by atoms with Gasteiger partial charge in [-0.3, -0.25) is 4.98 Å². The van der Waals surface area contributed by atoms with Crippen LogP contribution in [0.15, 0.2) is 18.5 Å². The third-order valence-electron chi connectivity index (χ3n) is 3.84. The molecule has 2 N–H and O–H groups in total. The number of nitrogen functional groups attached to an aromatic ring is 1. The topological polar surface area (TPSA) is 69.6 Å². The number of rotatable bonds is 2. The Morgan fingerprint density at radius 1 is 1.26 bits per heavy atom. The van der Waals surface area contributed by atoms with Gasteiger partial charge in [-0.1, -0.05) is 19.3 Å². The first kappa shape index (κ1) is 12.1. The third-order valence-corrected chi connectivity index (χ3v) is 3.84. The summed E-state index contributed by atoms with van der Waals surface area (Å²) in [5, 5.41) is 4.58. The number of aromatic nitrogens is 4. The summed E-state index contributed by atoms with van der Waals surface area (Å²) in [5.74, 6) is 2.31. The monoisotopic (exact) mass is 257 g/mol. The molecule has 1 aliphatic rings. The first-order valence-electron chi connectivity index (χ1n) is 6.86. The van der Waals surface area contributed by atoms with Gasteiger partial charge < -0.3 is 5.73 Å².